The largest absolute Gasteiger partial charge is 0.497 e. The maximum atomic E-state index is 12.1. The molecule has 13 heteroatoms. The van der Waals surface area contributed by atoms with Gasteiger partial charge in [-0.05, 0) is 74.0 Å². The predicted octanol–water partition coefficient (Wildman–Crippen LogP) is 3.74. The van der Waals surface area contributed by atoms with Crippen LogP contribution in [0.3, 0.4) is 0 Å². The second-order valence-corrected chi connectivity index (χ2v) is 10.4. The average Bonchev–Trinajstić information content (AvgIpc) is 3.35. The number of hydrogen-bond acceptors (Lipinski definition) is 10. The van der Waals surface area contributed by atoms with Gasteiger partial charge in [0.15, 0.2) is 0 Å². The Hall–Kier alpha value is -4.62. The number of carboxylic acids is 1. The minimum atomic E-state index is -1.01. The van der Waals surface area contributed by atoms with Crippen LogP contribution in [0.1, 0.15) is 30.1 Å². The van der Waals surface area contributed by atoms with Crippen LogP contribution >= 0.6 is 0 Å². The van der Waals surface area contributed by atoms with Gasteiger partial charge in [0.1, 0.15) is 24.0 Å². The fourth-order valence-electron chi connectivity index (χ4n) is 5.77. The molecule has 3 aromatic heterocycles. The highest BCUT2D eigenvalue weighted by Crippen LogP contribution is 2.30. The molecule has 0 aliphatic carbocycles. The maximum Gasteiger partial charge on any atom is 0.323 e. The fourth-order valence-corrected chi connectivity index (χ4v) is 5.77. The highest BCUT2D eigenvalue weighted by molar-refractivity contribution is 5.84. The molecule has 1 aromatic carbocycles. The van der Waals surface area contributed by atoms with Crippen LogP contribution in [0.2, 0.25) is 0 Å². The van der Waals surface area contributed by atoms with Crippen LogP contribution in [-0.4, -0.2) is 80.6 Å². The first kappa shape index (κ1) is 28.9. The Bertz CT molecular complexity index is 1610. The number of methoxy groups -OCH3 is 1. The molecule has 5 rings (SSSR count). The molecule has 1 amide bonds. The summed E-state index contributed by atoms with van der Waals surface area (Å²) in [7, 11) is 1.58. The van der Waals surface area contributed by atoms with Crippen molar-refractivity contribution < 1.29 is 19.4 Å². The Kier molecular flexibility index (Phi) is 8.88. The summed E-state index contributed by atoms with van der Waals surface area (Å²) in [6, 6.07) is 12.1. The summed E-state index contributed by atoms with van der Waals surface area (Å²) in [5.41, 5.74) is 2.75. The Morgan fingerprint density at radius 1 is 1.12 bits per heavy atom. The van der Waals surface area contributed by atoms with Crippen molar-refractivity contribution in [1.29, 1.82) is 0 Å². The van der Waals surface area contributed by atoms with Gasteiger partial charge in [0.2, 0.25) is 0 Å². The standard InChI is InChI=1S/C29H31N7O6/c1-42-22-4-5-25-24(14-22)23(6-10-30-25)26(32-40)16-34-11-7-20(8-12-34)35(17-27(37)33-41)15-21-13-19-3-2-9-31-29(19)36(21)18-28(38)39/h2-6,9-10,13-14,20,26H,7-8,11-12,15-18H2,1H3,(H,38,39). The molecule has 1 N–H and O–H groups in total. The summed E-state index contributed by atoms with van der Waals surface area (Å²) < 4.78 is 6.98. The maximum absolute atomic E-state index is 12.1. The zero-order valence-electron chi connectivity index (χ0n) is 23.1. The van der Waals surface area contributed by atoms with Crippen LogP contribution in [0.5, 0.6) is 5.75 Å². The van der Waals surface area contributed by atoms with Crippen molar-refractivity contribution in [2.45, 2.75) is 38.0 Å². The van der Waals surface area contributed by atoms with E-state index in [-0.39, 0.29) is 25.7 Å². The molecule has 1 unspecified atom stereocenters. The lowest BCUT2D eigenvalue weighted by molar-refractivity contribution is -0.137. The van der Waals surface area contributed by atoms with Crippen LogP contribution in [0.15, 0.2) is 65.2 Å². The summed E-state index contributed by atoms with van der Waals surface area (Å²) in [6.45, 7) is 1.49. The molecule has 1 aliphatic heterocycles. The van der Waals surface area contributed by atoms with Crippen molar-refractivity contribution in [1.82, 2.24) is 24.3 Å². The molecule has 1 fully saturated rings. The zero-order chi connectivity index (χ0) is 29.6. The van der Waals surface area contributed by atoms with Gasteiger partial charge in [0.05, 0.1) is 19.2 Å². The topological polar surface area (TPSA) is 160 Å². The number of rotatable bonds is 12. The van der Waals surface area contributed by atoms with Gasteiger partial charge in [-0.25, -0.2) is 4.98 Å². The number of likely N-dealkylation sites (tertiary alicyclic amines) is 1. The number of carbonyl (C=O) groups is 2. The average molecular weight is 574 g/mol. The number of fused-ring (bicyclic) bond motifs is 2. The molecule has 218 valence electrons. The van der Waals surface area contributed by atoms with Gasteiger partial charge in [-0.3, -0.25) is 19.5 Å². The summed E-state index contributed by atoms with van der Waals surface area (Å²) in [4.78, 5) is 59.6. The normalized spacial score (nSPS) is 15.2. The van der Waals surface area contributed by atoms with Crippen LogP contribution < -0.4 is 4.74 Å². The van der Waals surface area contributed by atoms with Crippen molar-refractivity contribution in [3.05, 3.63) is 75.9 Å². The van der Waals surface area contributed by atoms with E-state index in [4.69, 9.17) is 4.74 Å². The van der Waals surface area contributed by atoms with E-state index in [2.05, 4.69) is 25.2 Å². The molecule has 1 saturated heterocycles. The summed E-state index contributed by atoms with van der Waals surface area (Å²) in [5.74, 6) is -1.13. The predicted molar refractivity (Wildman–Crippen MR) is 155 cm³/mol. The Morgan fingerprint density at radius 2 is 1.93 bits per heavy atom. The second kappa shape index (κ2) is 12.9. The number of carboxylic acid groups (broad SMARTS) is 1. The third-order valence-corrected chi connectivity index (χ3v) is 7.81. The molecule has 13 nitrogen and oxygen atoms in total. The second-order valence-electron chi connectivity index (χ2n) is 10.4. The van der Waals surface area contributed by atoms with E-state index in [1.165, 1.54) is 0 Å². The number of piperidine rings is 1. The Balaban J connectivity index is 1.31. The van der Waals surface area contributed by atoms with E-state index in [9.17, 15) is 24.5 Å². The van der Waals surface area contributed by atoms with E-state index in [1.807, 2.05) is 41.3 Å². The SMILES string of the molecule is COc1ccc2nccc(C(CN3CCC(N(CC(=O)N=O)Cc4cc5cccnc5n4CC(=O)O)CC3)N=O)c2c1. The number of pyridine rings is 2. The van der Waals surface area contributed by atoms with Gasteiger partial charge in [-0.15, -0.1) is 4.91 Å². The molecular weight excluding hydrogens is 542 g/mol. The van der Waals surface area contributed by atoms with Gasteiger partial charge in [0.25, 0.3) is 5.91 Å². The van der Waals surface area contributed by atoms with Crippen LogP contribution in [-0.2, 0) is 22.7 Å². The molecule has 42 heavy (non-hydrogen) atoms. The summed E-state index contributed by atoms with van der Waals surface area (Å²) in [6.07, 6.45) is 4.61. The minimum absolute atomic E-state index is 0.0649. The molecular formula is C29H31N7O6. The highest BCUT2D eigenvalue weighted by atomic mass is 16.5. The molecule has 0 radical (unpaired) electrons. The van der Waals surface area contributed by atoms with Crippen LogP contribution in [0.25, 0.3) is 21.9 Å². The van der Waals surface area contributed by atoms with Gasteiger partial charge < -0.3 is 19.3 Å². The van der Waals surface area contributed by atoms with Crippen molar-refractivity contribution >= 4 is 33.8 Å². The summed E-state index contributed by atoms with van der Waals surface area (Å²) in [5, 5.41) is 17.2. The Morgan fingerprint density at radius 3 is 2.64 bits per heavy atom. The summed E-state index contributed by atoms with van der Waals surface area (Å²) >= 11 is 0. The lowest BCUT2D eigenvalue weighted by Gasteiger charge is -2.38. The quantitative estimate of drug-likeness (QED) is 0.247. The number of benzene rings is 1. The van der Waals surface area contributed by atoms with Gasteiger partial charge >= 0.3 is 5.97 Å². The number of nitrogens with zero attached hydrogens (tertiary/aromatic N) is 7. The molecule has 0 saturated carbocycles. The monoisotopic (exact) mass is 573 g/mol. The third kappa shape index (κ3) is 6.31. The molecule has 0 bridgehead atoms. The number of aliphatic carboxylic acids is 1. The van der Waals surface area contributed by atoms with Crippen molar-refractivity contribution in [2.75, 3.05) is 33.3 Å². The molecule has 4 heterocycles. The van der Waals surface area contributed by atoms with Crippen LogP contribution in [0, 0.1) is 9.81 Å². The van der Waals surface area contributed by atoms with E-state index in [0.29, 0.717) is 49.6 Å². The van der Waals surface area contributed by atoms with Crippen molar-refractivity contribution in [3.63, 3.8) is 0 Å². The number of amides is 1. The first-order valence-corrected chi connectivity index (χ1v) is 13.6. The molecule has 1 aliphatic rings. The zero-order valence-corrected chi connectivity index (χ0v) is 23.1. The highest BCUT2D eigenvalue weighted by Gasteiger charge is 2.29. The van der Waals surface area contributed by atoms with E-state index in [0.717, 1.165) is 21.9 Å². The number of aromatic nitrogens is 3. The van der Waals surface area contributed by atoms with Crippen LogP contribution in [0.4, 0.5) is 0 Å². The van der Waals surface area contributed by atoms with E-state index < -0.39 is 17.9 Å². The number of ether oxygens (including phenoxy) is 1. The lowest BCUT2D eigenvalue weighted by atomic mass is 9.99. The number of nitroso groups, excluding NO2 is 2. The van der Waals surface area contributed by atoms with Crippen molar-refractivity contribution in [2.24, 2.45) is 10.4 Å². The smallest absolute Gasteiger partial charge is 0.323 e. The van der Waals surface area contributed by atoms with Gasteiger partial charge in [-0.1, -0.05) is 5.18 Å². The number of hydrogen-bond donors (Lipinski definition) is 1. The molecule has 0 spiro atoms. The Labute approximate surface area is 241 Å². The van der Waals surface area contributed by atoms with Crippen molar-refractivity contribution in [3.8, 4) is 5.75 Å². The first-order chi connectivity index (χ1) is 20.4. The van der Waals surface area contributed by atoms with Gasteiger partial charge in [0, 0.05) is 53.2 Å². The van der Waals surface area contributed by atoms with E-state index >= 15 is 0 Å². The van der Waals surface area contributed by atoms with Gasteiger partial charge in [-0.2, -0.15) is 4.91 Å². The number of carbonyl (C=O) groups excluding carboxylic acids is 1. The molecule has 1 atom stereocenters. The fraction of sp³-hybridized carbons (Fsp3) is 0.379. The first-order valence-electron chi connectivity index (χ1n) is 13.6. The van der Waals surface area contributed by atoms with E-state index in [1.54, 1.807) is 30.1 Å². The third-order valence-electron chi connectivity index (χ3n) is 7.81. The minimum Gasteiger partial charge on any atom is -0.497 e. The lowest BCUT2D eigenvalue weighted by Crippen LogP contribution is -2.47. The molecule has 4 aromatic rings.